The second-order valence-corrected chi connectivity index (χ2v) is 5.97. The van der Waals surface area contributed by atoms with Crippen LogP contribution in [0.5, 0.6) is 5.75 Å². The van der Waals surface area contributed by atoms with Crippen LogP contribution in [0, 0.1) is 13.8 Å². The summed E-state index contributed by atoms with van der Waals surface area (Å²) in [5, 5.41) is 0. The molecule has 3 nitrogen and oxygen atoms in total. The molecule has 102 valence electrons. The van der Waals surface area contributed by atoms with Gasteiger partial charge in [0.2, 0.25) is 6.08 Å². The van der Waals surface area contributed by atoms with E-state index in [0.717, 1.165) is 52.6 Å². The molecule has 0 saturated heterocycles. The molecule has 1 aromatic carbocycles. The van der Waals surface area contributed by atoms with E-state index in [1.807, 2.05) is 13.8 Å². The van der Waals surface area contributed by atoms with Crippen molar-refractivity contribution in [2.75, 3.05) is 7.11 Å². The Morgan fingerprint density at radius 3 is 2.47 bits per heavy atom. The fourth-order valence-electron chi connectivity index (χ4n) is 3.09. The van der Waals surface area contributed by atoms with E-state index in [9.17, 15) is 4.79 Å². The average Bonchev–Trinajstić information content (AvgIpc) is 2.83. The summed E-state index contributed by atoms with van der Waals surface area (Å²) in [6.45, 7) is 4.07. The number of aryl methyl sites for hydroxylation is 2. The van der Waals surface area contributed by atoms with Gasteiger partial charge >= 0.3 is 0 Å². The normalized spacial score (nSPS) is 17.1. The predicted molar refractivity (Wildman–Crippen MR) is 78.4 cm³/mol. The first-order valence-electron chi connectivity index (χ1n) is 6.49. The van der Waals surface area contributed by atoms with Gasteiger partial charge < -0.3 is 4.74 Å². The van der Waals surface area contributed by atoms with Crippen LogP contribution in [0.15, 0.2) is 15.5 Å². The minimum absolute atomic E-state index is 0.470. The Hall–Kier alpha value is -1.12. The Balaban J connectivity index is 2.75. The molecular weight excluding hydrogens is 306 g/mol. The van der Waals surface area contributed by atoms with E-state index < -0.39 is 5.54 Å². The Morgan fingerprint density at radius 1 is 1.32 bits per heavy atom. The first-order chi connectivity index (χ1) is 9.05. The Kier molecular flexibility index (Phi) is 4.12. The summed E-state index contributed by atoms with van der Waals surface area (Å²) in [6.07, 6.45) is 5.67. The number of aliphatic imine (C=N–C) groups is 1. The van der Waals surface area contributed by atoms with Crippen molar-refractivity contribution in [1.82, 2.24) is 0 Å². The summed E-state index contributed by atoms with van der Waals surface area (Å²) in [5.41, 5.74) is 2.75. The van der Waals surface area contributed by atoms with Crippen molar-refractivity contribution >= 4 is 22.0 Å². The van der Waals surface area contributed by atoms with Gasteiger partial charge in [0.1, 0.15) is 11.3 Å². The topological polar surface area (TPSA) is 38.7 Å². The summed E-state index contributed by atoms with van der Waals surface area (Å²) in [6, 6.07) is 2.08. The van der Waals surface area contributed by atoms with E-state index in [1.54, 1.807) is 13.2 Å². The van der Waals surface area contributed by atoms with E-state index in [-0.39, 0.29) is 0 Å². The van der Waals surface area contributed by atoms with Crippen LogP contribution >= 0.6 is 15.9 Å². The molecule has 0 heterocycles. The molecule has 0 N–H and O–H groups in total. The summed E-state index contributed by atoms with van der Waals surface area (Å²) in [7, 11) is 1.67. The van der Waals surface area contributed by atoms with Crippen molar-refractivity contribution in [3.63, 3.8) is 0 Å². The Labute approximate surface area is 122 Å². The van der Waals surface area contributed by atoms with Crippen molar-refractivity contribution in [2.45, 2.75) is 45.1 Å². The maximum Gasteiger partial charge on any atom is 0.235 e. The molecule has 1 saturated carbocycles. The van der Waals surface area contributed by atoms with Crippen LogP contribution in [-0.4, -0.2) is 13.2 Å². The molecule has 1 fully saturated rings. The molecule has 0 aromatic heterocycles. The highest BCUT2D eigenvalue weighted by Gasteiger charge is 2.40. The molecule has 1 aromatic rings. The van der Waals surface area contributed by atoms with Crippen molar-refractivity contribution in [1.29, 1.82) is 0 Å². The third-order valence-corrected chi connectivity index (χ3v) is 4.97. The van der Waals surface area contributed by atoms with Crippen LogP contribution in [0.3, 0.4) is 0 Å². The van der Waals surface area contributed by atoms with E-state index >= 15 is 0 Å². The highest BCUT2D eigenvalue weighted by Crippen LogP contribution is 2.50. The number of halogens is 1. The molecular formula is C15H18BrNO2. The van der Waals surface area contributed by atoms with Gasteiger partial charge in [-0.05, 0) is 37.8 Å². The molecule has 1 aliphatic rings. The summed E-state index contributed by atoms with van der Waals surface area (Å²) in [5.74, 6) is 0.832. The molecule has 4 heteroatoms. The van der Waals surface area contributed by atoms with Crippen molar-refractivity contribution < 1.29 is 9.53 Å². The highest BCUT2D eigenvalue weighted by atomic mass is 79.9. The number of benzene rings is 1. The number of isocyanates is 1. The molecule has 0 spiro atoms. The van der Waals surface area contributed by atoms with Crippen molar-refractivity contribution in [2.24, 2.45) is 4.99 Å². The Morgan fingerprint density at radius 2 is 1.95 bits per heavy atom. The lowest BCUT2D eigenvalue weighted by Crippen LogP contribution is -2.21. The van der Waals surface area contributed by atoms with Gasteiger partial charge in [-0.3, -0.25) is 0 Å². The summed E-state index contributed by atoms with van der Waals surface area (Å²) in [4.78, 5) is 15.0. The summed E-state index contributed by atoms with van der Waals surface area (Å²) < 4.78 is 6.57. The lowest BCUT2D eigenvalue weighted by molar-refractivity contribution is 0.375. The zero-order chi connectivity index (χ0) is 14.0. The van der Waals surface area contributed by atoms with Crippen LogP contribution < -0.4 is 4.74 Å². The van der Waals surface area contributed by atoms with Gasteiger partial charge in [-0.25, -0.2) is 4.79 Å². The lowest BCUT2D eigenvalue weighted by atomic mass is 9.86. The van der Waals surface area contributed by atoms with E-state index in [0.29, 0.717) is 0 Å². The van der Waals surface area contributed by atoms with Gasteiger partial charge in [0.05, 0.1) is 7.11 Å². The monoisotopic (exact) mass is 323 g/mol. The second kappa shape index (κ2) is 5.48. The molecule has 0 unspecified atom stereocenters. The minimum Gasteiger partial charge on any atom is -0.496 e. The van der Waals surface area contributed by atoms with Crippen LogP contribution in [0.4, 0.5) is 0 Å². The SMILES string of the molecule is COc1c(C)cc(C)c(Br)c1C1(N=C=O)CCCC1. The second-order valence-electron chi connectivity index (χ2n) is 5.17. The number of rotatable bonds is 3. The zero-order valence-corrected chi connectivity index (χ0v) is 13.1. The quantitative estimate of drug-likeness (QED) is 0.618. The molecule has 0 aliphatic heterocycles. The van der Waals surface area contributed by atoms with Crippen LogP contribution in [0.25, 0.3) is 0 Å². The number of hydrogen-bond donors (Lipinski definition) is 0. The molecule has 2 rings (SSSR count). The zero-order valence-electron chi connectivity index (χ0n) is 11.5. The van der Waals surface area contributed by atoms with Crippen LogP contribution in [-0.2, 0) is 10.3 Å². The van der Waals surface area contributed by atoms with E-state index in [2.05, 4.69) is 27.0 Å². The highest BCUT2D eigenvalue weighted by molar-refractivity contribution is 9.10. The lowest BCUT2D eigenvalue weighted by Gasteiger charge is -2.28. The average molecular weight is 324 g/mol. The van der Waals surface area contributed by atoms with Gasteiger partial charge in [-0.15, -0.1) is 0 Å². The van der Waals surface area contributed by atoms with Gasteiger partial charge in [-0.1, -0.05) is 34.8 Å². The standard InChI is InChI=1S/C15H18BrNO2/c1-10-8-11(2)14(19-3)12(13(10)16)15(17-9-18)6-4-5-7-15/h8H,4-7H2,1-3H3. The maximum atomic E-state index is 10.9. The third-order valence-electron chi connectivity index (χ3n) is 3.94. The number of hydrogen-bond acceptors (Lipinski definition) is 3. The van der Waals surface area contributed by atoms with Gasteiger partial charge in [-0.2, -0.15) is 4.99 Å². The van der Waals surface area contributed by atoms with Gasteiger partial charge in [0, 0.05) is 10.0 Å². The maximum absolute atomic E-state index is 10.9. The molecule has 0 bridgehead atoms. The molecule has 1 aliphatic carbocycles. The summed E-state index contributed by atoms with van der Waals surface area (Å²) >= 11 is 3.65. The molecule has 19 heavy (non-hydrogen) atoms. The number of methoxy groups -OCH3 is 1. The van der Waals surface area contributed by atoms with Crippen LogP contribution in [0.2, 0.25) is 0 Å². The van der Waals surface area contributed by atoms with Crippen molar-refractivity contribution in [3.8, 4) is 5.75 Å². The van der Waals surface area contributed by atoms with Crippen LogP contribution in [0.1, 0.15) is 42.4 Å². The number of carbonyl (C=O) groups excluding carboxylic acids is 1. The van der Waals surface area contributed by atoms with Gasteiger partial charge in [0.15, 0.2) is 0 Å². The van der Waals surface area contributed by atoms with Crippen molar-refractivity contribution in [3.05, 3.63) is 27.2 Å². The predicted octanol–water partition coefficient (Wildman–Crippen LogP) is 4.18. The smallest absolute Gasteiger partial charge is 0.235 e. The third kappa shape index (κ3) is 2.35. The molecule has 0 amide bonds. The first kappa shape index (κ1) is 14.3. The first-order valence-corrected chi connectivity index (χ1v) is 7.28. The fraction of sp³-hybridized carbons (Fsp3) is 0.533. The minimum atomic E-state index is -0.470. The fourth-order valence-corrected chi connectivity index (χ4v) is 3.75. The van der Waals surface area contributed by atoms with E-state index in [4.69, 9.17) is 4.74 Å². The largest absolute Gasteiger partial charge is 0.496 e. The van der Waals surface area contributed by atoms with E-state index in [1.165, 1.54) is 0 Å². The molecule has 0 atom stereocenters. The number of nitrogens with zero attached hydrogens (tertiary/aromatic N) is 1. The Bertz CT molecular complexity index is 542. The molecule has 0 radical (unpaired) electrons. The number of ether oxygens (including phenoxy) is 1. The van der Waals surface area contributed by atoms with Gasteiger partial charge in [0.25, 0.3) is 0 Å².